The maximum absolute atomic E-state index is 13.3. The van der Waals surface area contributed by atoms with E-state index < -0.39 is 5.54 Å². The SMILES string of the molecule is O=C(C1CC1)N1CC[C@@H](CN2C(=O)C3(CC3)N=C2c2cnc(-c3ccc4occc4c3)nc2)C1. The molecule has 2 aromatic heterocycles. The molecule has 1 saturated heterocycles. The molecule has 1 spiro atoms. The van der Waals surface area contributed by atoms with E-state index in [1.54, 1.807) is 18.7 Å². The Morgan fingerprint density at radius 3 is 2.68 bits per heavy atom. The van der Waals surface area contributed by atoms with Gasteiger partial charge in [0.05, 0.1) is 11.8 Å². The molecule has 7 rings (SSSR count). The van der Waals surface area contributed by atoms with Crippen molar-refractivity contribution in [1.82, 2.24) is 19.8 Å². The highest BCUT2D eigenvalue weighted by molar-refractivity contribution is 6.16. The summed E-state index contributed by atoms with van der Waals surface area (Å²) in [5, 5.41) is 1.00. The third-order valence-electron chi connectivity index (χ3n) is 7.53. The molecular formula is C26H25N5O3. The van der Waals surface area contributed by atoms with Crippen LogP contribution in [0.3, 0.4) is 0 Å². The lowest BCUT2D eigenvalue weighted by atomic mass is 10.1. The summed E-state index contributed by atoms with van der Waals surface area (Å²) in [4.78, 5) is 43.6. The first kappa shape index (κ1) is 19.9. The van der Waals surface area contributed by atoms with Crippen molar-refractivity contribution in [2.75, 3.05) is 19.6 Å². The highest BCUT2D eigenvalue weighted by atomic mass is 16.3. The highest BCUT2D eigenvalue weighted by Crippen LogP contribution is 2.46. The third kappa shape index (κ3) is 3.23. The van der Waals surface area contributed by atoms with Gasteiger partial charge in [-0.2, -0.15) is 0 Å². The summed E-state index contributed by atoms with van der Waals surface area (Å²) in [5.41, 5.74) is 1.91. The number of carbonyl (C=O) groups is 2. The molecule has 4 heterocycles. The fraction of sp³-hybridized carbons (Fsp3) is 0.423. The van der Waals surface area contributed by atoms with Crippen molar-refractivity contribution in [3.63, 3.8) is 0 Å². The molecule has 34 heavy (non-hydrogen) atoms. The van der Waals surface area contributed by atoms with Gasteiger partial charge in [-0.3, -0.25) is 19.5 Å². The Labute approximate surface area is 196 Å². The largest absolute Gasteiger partial charge is 0.464 e. The molecule has 2 aliphatic carbocycles. The lowest BCUT2D eigenvalue weighted by Crippen LogP contribution is -2.41. The molecule has 2 amide bonds. The van der Waals surface area contributed by atoms with Crippen LogP contribution in [-0.4, -0.2) is 62.6 Å². The smallest absolute Gasteiger partial charge is 0.256 e. The number of nitrogens with zero attached hydrogens (tertiary/aromatic N) is 5. The van der Waals surface area contributed by atoms with Gasteiger partial charge < -0.3 is 9.32 Å². The van der Waals surface area contributed by atoms with Gasteiger partial charge in [0.15, 0.2) is 5.82 Å². The molecule has 8 heteroatoms. The fourth-order valence-electron chi connectivity index (χ4n) is 5.22. The second-order valence-electron chi connectivity index (χ2n) is 10.1. The van der Waals surface area contributed by atoms with Crippen molar-refractivity contribution in [2.24, 2.45) is 16.8 Å². The van der Waals surface area contributed by atoms with E-state index in [9.17, 15) is 9.59 Å². The molecule has 3 aromatic rings. The number of fused-ring (bicyclic) bond motifs is 1. The van der Waals surface area contributed by atoms with Crippen LogP contribution in [0.5, 0.6) is 0 Å². The Morgan fingerprint density at radius 1 is 1.09 bits per heavy atom. The van der Waals surface area contributed by atoms with Crippen LogP contribution < -0.4 is 0 Å². The van der Waals surface area contributed by atoms with E-state index in [4.69, 9.17) is 9.41 Å². The van der Waals surface area contributed by atoms with Gasteiger partial charge in [-0.15, -0.1) is 0 Å². The number of benzene rings is 1. The van der Waals surface area contributed by atoms with E-state index in [1.165, 1.54) is 0 Å². The summed E-state index contributed by atoms with van der Waals surface area (Å²) >= 11 is 0. The van der Waals surface area contributed by atoms with Gasteiger partial charge in [0, 0.05) is 48.9 Å². The van der Waals surface area contributed by atoms with Crippen LogP contribution in [0.1, 0.15) is 37.7 Å². The van der Waals surface area contributed by atoms with Crippen molar-refractivity contribution in [2.45, 2.75) is 37.6 Å². The van der Waals surface area contributed by atoms with Gasteiger partial charge in [-0.1, -0.05) is 0 Å². The molecule has 0 N–H and O–H groups in total. The molecule has 1 aromatic carbocycles. The van der Waals surface area contributed by atoms with Crippen LogP contribution in [0.2, 0.25) is 0 Å². The number of amidine groups is 1. The lowest BCUT2D eigenvalue weighted by molar-refractivity contribution is -0.131. The standard InChI is InChI=1S/C26H25N5O3/c32-24(17-1-2-17)30-9-5-16(14-30)15-31-23(29-26(7-8-26)25(31)33)20-12-27-22(28-13-20)19-3-4-21-18(11-19)6-10-34-21/h3-4,6,10-13,16-17H,1-2,5,7-9,14-15H2/t16-/m1/s1. The zero-order valence-electron chi connectivity index (χ0n) is 18.8. The molecule has 8 nitrogen and oxygen atoms in total. The Balaban J connectivity index is 1.12. The van der Waals surface area contributed by atoms with Crippen molar-refractivity contribution < 1.29 is 14.0 Å². The molecule has 2 aliphatic heterocycles. The molecule has 1 atom stereocenters. The number of likely N-dealkylation sites (tertiary alicyclic amines) is 1. The minimum absolute atomic E-state index is 0.0870. The number of aromatic nitrogens is 2. The third-order valence-corrected chi connectivity index (χ3v) is 7.53. The normalized spacial score (nSPS) is 23.2. The fourth-order valence-corrected chi connectivity index (χ4v) is 5.22. The number of furan rings is 1. The second-order valence-corrected chi connectivity index (χ2v) is 10.1. The maximum Gasteiger partial charge on any atom is 0.256 e. The molecule has 172 valence electrons. The molecule has 0 radical (unpaired) electrons. The monoisotopic (exact) mass is 455 g/mol. The number of amides is 2. The van der Waals surface area contributed by atoms with E-state index in [2.05, 4.69) is 9.97 Å². The van der Waals surface area contributed by atoms with E-state index in [0.717, 1.165) is 67.3 Å². The van der Waals surface area contributed by atoms with E-state index >= 15 is 0 Å². The van der Waals surface area contributed by atoms with Gasteiger partial charge in [-0.25, -0.2) is 9.97 Å². The molecule has 3 fully saturated rings. The number of aliphatic imine (C=N–C) groups is 1. The molecular weight excluding hydrogens is 430 g/mol. The Kier molecular flexibility index (Phi) is 4.22. The van der Waals surface area contributed by atoms with Crippen LogP contribution in [0.15, 0.2) is 52.3 Å². The van der Waals surface area contributed by atoms with Gasteiger partial charge in [0.25, 0.3) is 5.91 Å². The summed E-state index contributed by atoms with van der Waals surface area (Å²) < 4.78 is 5.42. The van der Waals surface area contributed by atoms with Crippen molar-refractivity contribution >= 4 is 28.6 Å². The van der Waals surface area contributed by atoms with Crippen molar-refractivity contribution in [3.05, 3.63) is 48.5 Å². The predicted molar refractivity (Wildman–Crippen MR) is 125 cm³/mol. The first-order valence-electron chi connectivity index (χ1n) is 12.1. The first-order chi connectivity index (χ1) is 16.6. The van der Waals surface area contributed by atoms with E-state index in [-0.39, 0.29) is 17.7 Å². The average Bonchev–Trinajstić information content (AvgIpc) is 3.74. The minimum Gasteiger partial charge on any atom is -0.464 e. The van der Waals surface area contributed by atoms with Gasteiger partial charge in [0.2, 0.25) is 5.91 Å². The van der Waals surface area contributed by atoms with Gasteiger partial charge >= 0.3 is 0 Å². The number of hydrogen-bond acceptors (Lipinski definition) is 6. The van der Waals surface area contributed by atoms with Crippen LogP contribution in [0.4, 0.5) is 0 Å². The quantitative estimate of drug-likeness (QED) is 0.589. The zero-order valence-corrected chi connectivity index (χ0v) is 18.8. The van der Waals surface area contributed by atoms with Crippen LogP contribution in [-0.2, 0) is 9.59 Å². The Morgan fingerprint density at radius 2 is 1.91 bits per heavy atom. The van der Waals surface area contributed by atoms with Gasteiger partial charge in [0.1, 0.15) is 17.0 Å². The lowest BCUT2D eigenvalue weighted by Gasteiger charge is -2.23. The summed E-state index contributed by atoms with van der Waals surface area (Å²) in [6.45, 7) is 2.11. The van der Waals surface area contributed by atoms with E-state index in [1.807, 2.05) is 34.1 Å². The summed E-state index contributed by atoms with van der Waals surface area (Å²) in [7, 11) is 0. The first-order valence-corrected chi connectivity index (χ1v) is 12.1. The van der Waals surface area contributed by atoms with Crippen molar-refractivity contribution in [1.29, 1.82) is 0 Å². The van der Waals surface area contributed by atoms with Crippen LogP contribution in [0, 0.1) is 11.8 Å². The Bertz CT molecular complexity index is 1340. The number of carbonyl (C=O) groups excluding carboxylic acids is 2. The molecule has 4 aliphatic rings. The second kappa shape index (κ2) is 7.22. The number of hydrogen-bond donors (Lipinski definition) is 0. The molecule has 0 bridgehead atoms. The van der Waals surface area contributed by atoms with Crippen LogP contribution >= 0.6 is 0 Å². The number of rotatable bonds is 5. The van der Waals surface area contributed by atoms with Crippen molar-refractivity contribution in [3.8, 4) is 11.4 Å². The predicted octanol–water partition coefficient (Wildman–Crippen LogP) is 3.27. The summed E-state index contributed by atoms with van der Waals surface area (Å²) in [6.07, 6.45) is 9.76. The van der Waals surface area contributed by atoms with E-state index in [0.29, 0.717) is 24.1 Å². The summed E-state index contributed by atoms with van der Waals surface area (Å²) in [6, 6.07) is 7.78. The molecule has 0 unspecified atom stereocenters. The van der Waals surface area contributed by atoms with Crippen LogP contribution in [0.25, 0.3) is 22.4 Å². The summed E-state index contributed by atoms with van der Waals surface area (Å²) in [5.74, 6) is 2.18. The zero-order chi connectivity index (χ0) is 22.9. The minimum atomic E-state index is -0.581. The van der Waals surface area contributed by atoms with Gasteiger partial charge in [-0.05, 0) is 62.3 Å². The average molecular weight is 456 g/mol. The molecule has 2 saturated carbocycles. The topological polar surface area (TPSA) is 91.9 Å². The maximum atomic E-state index is 13.3. The highest BCUT2D eigenvalue weighted by Gasteiger charge is 2.57. The Hall–Kier alpha value is -3.55.